The lowest BCUT2D eigenvalue weighted by molar-refractivity contribution is 0.102. The van der Waals surface area contributed by atoms with Gasteiger partial charge in [-0.05, 0) is 44.0 Å². The highest BCUT2D eigenvalue weighted by molar-refractivity contribution is 7.14. The van der Waals surface area contributed by atoms with E-state index in [2.05, 4.69) is 32.4 Å². The van der Waals surface area contributed by atoms with Crippen LogP contribution in [-0.4, -0.2) is 40.9 Å². The third-order valence-corrected chi connectivity index (χ3v) is 5.35. The highest BCUT2D eigenvalue weighted by Crippen LogP contribution is 2.22. The molecule has 1 amide bonds. The van der Waals surface area contributed by atoms with Crippen LogP contribution in [0.15, 0.2) is 17.5 Å². The zero-order valence-corrected chi connectivity index (χ0v) is 16.0. The zero-order chi connectivity index (χ0) is 17.8. The Hall–Kier alpha value is -1.70. The minimum absolute atomic E-state index is 0.242. The molecule has 134 valence electrons. The first-order valence-electron chi connectivity index (χ1n) is 8.37. The molecule has 2 aromatic rings. The third-order valence-electron chi connectivity index (χ3n) is 4.35. The number of amides is 1. The molecule has 0 aliphatic carbocycles. The molecule has 2 N–H and O–H groups in total. The van der Waals surface area contributed by atoms with E-state index >= 15 is 0 Å². The SMILES string of the molecule is CNc1cc(C(=O)Nc2nc(CN3CCC(C)CC3)cs2)cc(Cl)n1. The fraction of sp³-hybridized carbons (Fsp3) is 0.471. The van der Waals surface area contributed by atoms with Crippen LogP contribution in [0.1, 0.15) is 35.8 Å². The maximum absolute atomic E-state index is 12.4. The van der Waals surface area contributed by atoms with E-state index in [0.717, 1.165) is 31.2 Å². The van der Waals surface area contributed by atoms with Gasteiger partial charge in [-0.15, -0.1) is 11.3 Å². The van der Waals surface area contributed by atoms with Crippen molar-refractivity contribution in [1.82, 2.24) is 14.9 Å². The maximum atomic E-state index is 12.4. The summed E-state index contributed by atoms with van der Waals surface area (Å²) in [5, 5.41) is 8.60. The highest BCUT2D eigenvalue weighted by atomic mass is 35.5. The maximum Gasteiger partial charge on any atom is 0.257 e. The number of carbonyl (C=O) groups excluding carboxylic acids is 1. The first-order chi connectivity index (χ1) is 12.0. The van der Waals surface area contributed by atoms with Crippen LogP contribution in [0, 0.1) is 5.92 Å². The number of halogens is 1. The molecule has 3 rings (SSSR count). The van der Waals surface area contributed by atoms with E-state index in [0.29, 0.717) is 16.5 Å². The second kappa shape index (κ2) is 8.12. The van der Waals surface area contributed by atoms with Crippen molar-refractivity contribution in [2.45, 2.75) is 26.3 Å². The van der Waals surface area contributed by atoms with E-state index in [1.54, 1.807) is 19.2 Å². The monoisotopic (exact) mass is 379 g/mol. The summed E-state index contributed by atoms with van der Waals surface area (Å²) in [6.07, 6.45) is 2.48. The van der Waals surface area contributed by atoms with Gasteiger partial charge in [0.25, 0.3) is 5.91 Å². The number of nitrogens with one attached hydrogen (secondary N) is 2. The number of anilines is 2. The van der Waals surface area contributed by atoms with Gasteiger partial charge in [0.1, 0.15) is 11.0 Å². The molecule has 8 heteroatoms. The number of likely N-dealkylation sites (tertiary alicyclic amines) is 1. The Balaban J connectivity index is 1.61. The molecule has 1 saturated heterocycles. The predicted molar refractivity (Wildman–Crippen MR) is 103 cm³/mol. The van der Waals surface area contributed by atoms with Gasteiger partial charge < -0.3 is 5.32 Å². The molecule has 1 fully saturated rings. The van der Waals surface area contributed by atoms with Crippen molar-refractivity contribution in [3.05, 3.63) is 33.9 Å². The lowest BCUT2D eigenvalue weighted by Gasteiger charge is -2.29. The standard InChI is InChI=1S/C17H22ClN5OS/c1-11-3-5-23(6-4-11)9-13-10-25-17(20-13)22-16(24)12-7-14(18)21-15(8-12)19-2/h7-8,10-11H,3-6,9H2,1-2H3,(H,19,21)(H,20,22,24). The van der Waals surface area contributed by atoms with Gasteiger partial charge in [0, 0.05) is 24.5 Å². The summed E-state index contributed by atoms with van der Waals surface area (Å²) in [5.41, 5.74) is 1.45. The van der Waals surface area contributed by atoms with Gasteiger partial charge >= 0.3 is 0 Å². The molecule has 2 aromatic heterocycles. The predicted octanol–water partition coefficient (Wildman–Crippen LogP) is 3.72. The van der Waals surface area contributed by atoms with E-state index < -0.39 is 0 Å². The average Bonchev–Trinajstić information content (AvgIpc) is 3.03. The van der Waals surface area contributed by atoms with Crippen molar-refractivity contribution in [2.75, 3.05) is 30.8 Å². The Bertz CT molecular complexity index is 742. The average molecular weight is 380 g/mol. The van der Waals surface area contributed by atoms with Gasteiger partial charge in [0.2, 0.25) is 0 Å². The number of carbonyl (C=O) groups is 1. The Morgan fingerprint density at radius 1 is 1.36 bits per heavy atom. The van der Waals surface area contributed by atoms with Gasteiger partial charge in [-0.3, -0.25) is 15.0 Å². The number of pyridine rings is 1. The van der Waals surface area contributed by atoms with Crippen LogP contribution in [0.2, 0.25) is 5.15 Å². The number of rotatable bonds is 5. The van der Waals surface area contributed by atoms with Crippen LogP contribution >= 0.6 is 22.9 Å². The molecular weight excluding hydrogens is 358 g/mol. The molecule has 0 saturated carbocycles. The number of hydrogen-bond donors (Lipinski definition) is 2. The van der Waals surface area contributed by atoms with Crippen LogP contribution in [-0.2, 0) is 6.54 Å². The van der Waals surface area contributed by atoms with Crippen molar-refractivity contribution in [1.29, 1.82) is 0 Å². The minimum atomic E-state index is -0.242. The lowest BCUT2D eigenvalue weighted by atomic mass is 9.99. The van der Waals surface area contributed by atoms with E-state index in [9.17, 15) is 4.79 Å². The first kappa shape index (κ1) is 18.1. The Morgan fingerprint density at radius 3 is 2.84 bits per heavy atom. The van der Waals surface area contributed by atoms with Crippen LogP contribution in [0.3, 0.4) is 0 Å². The quantitative estimate of drug-likeness (QED) is 0.775. The zero-order valence-electron chi connectivity index (χ0n) is 14.4. The van der Waals surface area contributed by atoms with Gasteiger partial charge in [-0.25, -0.2) is 9.97 Å². The summed E-state index contributed by atoms with van der Waals surface area (Å²) >= 11 is 7.39. The topological polar surface area (TPSA) is 70.2 Å². The molecular formula is C17H22ClN5OS. The van der Waals surface area contributed by atoms with Gasteiger partial charge in [-0.2, -0.15) is 0 Å². The molecule has 0 bridgehead atoms. The Kier molecular flexibility index (Phi) is 5.88. The van der Waals surface area contributed by atoms with E-state index in [1.165, 1.54) is 24.2 Å². The van der Waals surface area contributed by atoms with Crippen LogP contribution in [0.4, 0.5) is 10.9 Å². The van der Waals surface area contributed by atoms with Crippen molar-refractivity contribution in [3.8, 4) is 0 Å². The fourth-order valence-corrected chi connectivity index (χ4v) is 3.72. The lowest BCUT2D eigenvalue weighted by Crippen LogP contribution is -2.32. The van der Waals surface area contributed by atoms with Gasteiger partial charge in [0.15, 0.2) is 5.13 Å². The van der Waals surface area contributed by atoms with E-state index in [1.807, 2.05) is 5.38 Å². The summed E-state index contributed by atoms with van der Waals surface area (Å²) in [6.45, 7) is 5.37. The second-order valence-corrected chi connectivity index (χ2v) is 7.62. The van der Waals surface area contributed by atoms with Crippen molar-refractivity contribution in [2.24, 2.45) is 5.92 Å². The Morgan fingerprint density at radius 2 is 2.12 bits per heavy atom. The number of piperidine rings is 1. The van der Waals surface area contributed by atoms with Crippen molar-refractivity contribution in [3.63, 3.8) is 0 Å². The fourth-order valence-electron chi connectivity index (χ4n) is 2.81. The van der Waals surface area contributed by atoms with E-state index in [-0.39, 0.29) is 11.1 Å². The van der Waals surface area contributed by atoms with Crippen molar-refractivity contribution < 1.29 is 4.79 Å². The largest absolute Gasteiger partial charge is 0.373 e. The van der Waals surface area contributed by atoms with Gasteiger partial charge in [-0.1, -0.05) is 18.5 Å². The summed E-state index contributed by atoms with van der Waals surface area (Å²) in [6, 6.07) is 3.20. The van der Waals surface area contributed by atoms with E-state index in [4.69, 9.17) is 11.6 Å². The molecule has 25 heavy (non-hydrogen) atoms. The summed E-state index contributed by atoms with van der Waals surface area (Å²) < 4.78 is 0. The van der Waals surface area contributed by atoms with Crippen LogP contribution in [0.5, 0.6) is 0 Å². The number of aromatic nitrogens is 2. The number of nitrogens with zero attached hydrogens (tertiary/aromatic N) is 3. The second-order valence-electron chi connectivity index (χ2n) is 6.37. The molecule has 6 nitrogen and oxygen atoms in total. The van der Waals surface area contributed by atoms with Crippen molar-refractivity contribution >= 4 is 39.8 Å². The molecule has 0 aromatic carbocycles. The number of thiazole rings is 1. The number of hydrogen-bond acceptors (Lipinski definition) is 6. The molecule has 3 heterocycles. The van der Waals surface area contributed by atoms with Gasteiger partial charge in [0.05, 0.1) is 5.69 Å². The molecule has 0 radical (unpaired) electrons. The minimum Gasteiger partial charge on any atom is -0.373 e. The van der Waals surface area contributed by atoms with Crippen LogP contribution in [0.25, 0.3) is 0 Å². The van der Waals surface area contributed by atoms with Crippen LogP contribution < -0.4 is 10.6 Å². The molecule has 0 spiro atoms. The summed E-state index contributed by atoms with van der Waals surface area (Å²) in [5.74, 6) is 1.13. The smallest absolute Gasteiger partial charge is 0.257 e. The highest BCUT2D eigenvalue weighted by Gasteiger charge is 2.17. The third kappa shape index (κ3) is 4.90. The molecule has 0 atom stereocenters. The normalized spacial score (nSPS) is 16.0. The first-order valence-corrected chi connectivity index (χ1v) is 9.62. The Labute approximate surface area is 156 Å². The summed E-state index contributed by atoms with van der Waals surface area (Å²) in [4.78, 5) is 23.4. The summed E-state index contributed by atoms with van der Waals surface area (Å²) in [7, 11) is 1.73. The molecule has 0 unspecified atom stereocenters. The molecule has 1 aliphatic heterocycles. The molecule has 1 aliphatic rings.